The Balaban J connectivity index is 1.05. The summed E-state index contributed by atoms with van der Waals surface area (Å²) in [4.78, 5) is 14.1. The predicted molar refractivity (Wildman–Crippen MR) is 240 cm³/mol. The van der Waals surface area contributed by atoms with Crippen molar-refractivity contribution < 1.29 is 0 Å². The first-order chi connectivity index (χ1) is 28.0. The zero-order chi connectivity index (χ0) is 38.6. The number of hydrogen-bond donors (Lipinski definition) is 0. The van der Waals surface area contributed by atoms with Crippen molar-refractivity contribution in [1.82, 2.24) is 9.97 Å². The molecule has 0 amide bonds. The van der Waals surface area contributed by atoms with Crippen molar-refractivity contribution in [2.75, 3.05) is 9.80 Å². The Morgan fingerprint density at radius 1 is 0.368 bits per heavy atom. The summed E-state index contributed by atoms with van der Waals surface area (Å²) in [6.45, 7) is 4.67. The topological polar surface area (TPSA) is 32.3 Å². The van der Waals surface area contributed by atoms with E-state index in [4.69, 9.17) is 9.97 Å². The van der Waals surface area contributed by atoms with Crippen LogP contribution in [0.4, 0.5) is 34.4 Å². The highest BCUT2D eigenvalue weighted by Gasteiger charge is 2.37. The molecule has 2 aromatic heterocycles. The highest BCUT2D eigenvalue weighted by atomic mass is 15.2. The van der Waals surface area contributed by atoms with Crippen LogP contribution >= 0.6 is 0 Å². The fraction of sp³-hybridized carbons (Fsp3) is 0.0566. The molecule has 274 valence electrons. The van der Waals surface area contributed by atoms with Crippen LogP contribution in [0.15, 0.2) is 194 Å². The summed E-state index contributed by atoms with van der Waals surface area (Å²) in [5.74, 6) is 1.74. The largest absolute Gasteiger partial charge is 0.295 e. The summed E-state index contributed by atoms with van der Waals surface area (Å²) < 4.78 is 0. The van der Waals surface area contributed by atoms with Gasteiger partial charge in [-0.1, -0.05) is 147 Å². The first-order valence-electron chi connectivity index (χ1n) is 19.4. The van der Waals surface area contributed by atoms with Gasteiger partial charge in [-0.05, 0) is 117 Å². The summed E-state index contributed by atoms with van der Waals surface area (Å²) in [5.41, 5.74) is 13.7. The molecule has 57 heavy (non-hydrogen) atoms. The molecule has 0 saturated carbocycles. The maximum absolute atomic E-state index is 4.81. The molecule has 1 aliphatic rings. The van der Waals surface area contributed by atoms with E-state index in [0.717, 1.165) is 45.5 Å². The molecule has 0 spiro atoms. The highest BCUT2D eigenvalue weighted by Crippen LogP contribution is 2.52. The third-order valence-electron chi connectivity index (χ3n) is 10.8. The molecule has 0 unspecified atom stereocenters. The third-order valence-corrected chi connectivity index (χ3v) is 10.8. The van der Waals surface area contributed by atoms with Crippen LogP contribution in [-0.2, 0) is 5.41 Å². The molecule has 0 radical (unpaired) electrons. The number of aromatic nitrogens is 2. The van der Waals surface area contributed by atoms with E-state index in [-0.39, 0.29) is 5.41 Å². The average Bonchev–Trinajstić information content (AvgIpc) is 3.49. The van der Waals surface area contributed by atoms with Crippen molar-refractivity contribution in [2.24, 2.45) is 0 Å². The van der Waals surface area contributed by atoms with Crippen molar-refractivity contribution in [2.45, 2.75) is 19.3 Å². The van der Waals surface area contributed by atoms with Gasteiger partial charge in [0.1, 0.15) is 11.6 Å². The zero-order valence-corrected chi connectivity index (χ0v) is 32.1. The lowest BCUT2D eigenvalue weighted by atomic mass is 9.82. The number of benzene rings is 6. The van der Waals surface area contributed by atoms with Crippen molar-refractivity contribution in [3.8, 4) is 11.1 Å². The zero-order valence-electron chi connectivity index (χ0n) is 32.1. The van der Waals surface area contributed by atoms with Crippen LogP contribution in [0.1, 0.15) is 47.2 Å². The number of nitrogens with zero attached hydrogens (tertiary/aromatic N) is 4. The Morgan fingerprint density at radius 2 is 0.719 bits per heavy atom. The van der Waals surface area contributed by atoms with Crippen molar-refractivity contribution in [1.29, 1.82) is 0 Å². The first-order valence-corrected chi connectivity index (χ1v) is 19.4. The highest BCUT2D eigenvalue weighted by molar-refractivity contribution is 5.88. The minimum atomic E-state index is -0.263. The molecule has 0 atom stereocenters. The van der Waals surface area contributed by atoms with E-state index >= 15 is 0 Å². The third kappa shape index (κ3) is 7.29. The molecule has 4 nitrogen and oxygen atoms in total. The Labute approximate surface area is 335 Å². The second kappa shape index (κ2) is 15.4. The second-order valence-electron chi connectivity index (χ2n) is 14.8. The van der Waals surface area contributed by atoms with Gasteiger partial charge in [0, 0.05) is 40.6 Å². The van der Waals surface area contributed by atoms with E-state index in [0.29, 0.717) is 0 Å². The quantitative estimate of drug-likeness (QED) is 0.131. The lowest BCUT2D eigenvalue weighted by Crippen LogP contribution is -2.18. The van der Waals surface area contributed by atoms with Crippen LogP contribution in [0.5, 0.6) is 0 Å². The van der Waals surface area contributed by atoms with E-state index in [9.17, 15) is 0 Å². The van der Waals surface area contributed by atoms with E-state index in [1.165, 1.54) is 33.4 Å². The van der Waals surface area contributed by atoms with Crippen molar-refractivity contribution in [3.05, 3.63) is 228 Å². The van der Waals surface area contributed by atoms with Gasteiger partial charge in [0.15, 0.2) is 0 Å². The lowest BCUT2D eigenvalue weighted by Gasteiger charge is -2.28. The average molecular weight is 735 g/mol. The SMILES string of the molecule is CC1(C)c2cc(N(c3ccc(/C=C/c4ccccc4)cc3)c3ccccn3)ccc2-c2ccc(N(c3ccc(/C=C/c4ccccc4)cc3)c3ccccn3)cc21. The number of hydrogen-bond acceptors (Lipinski definition) is 4. The summed E-state index contributed by atoms with van der Waals surface area (Å²) in [6, 6.07) is 64.0. The van der Waals surface area contributed by atoms with Crippen LogP contribution in [0.2, 0.25) is 0 Å². The van der Waals surface area contributed by atoms with Gasteiger partial charge in [0.25, 0.3) is 0 Å². The van der Waals surface area contributed by atoms with Gasteiger partial charge < -0.3 is 0 Å². The Hall–Kier alpha value is -7.30. The van der Waals surface area contributed by atoms with Crippen LogP contribution in [-0.4, -0.2) is 9.97 Å². The van der Waals surface area contributed by atoms with Crippen LogP contribution < -0.4 is 9.80 Å². The van der Waals surface area contributed by atoms with E-state index in [1.807, 2.05) is 48.8 Å². The number of anilines is 6. The molecular formula is C53H42N4. The minimum Gasteiger partial charge on any atom is -0.295 e. The first kappa shape index (κ1) is 35.4. The molecule has 0 fully saturated rings. The normalized spacial score (nSPS) is 12.7. The molecule has 0 aliphatic heterocycles. The van der Waals surface area contributed by atoms with E-state index in [1.54, 1.807) is 0 Å². The fourth-order valence-corrected chi connectivity index (χ4v) is 7.77. The van der Waals surface area contributed by atoms with Gasteiger partial charge in [-0.2, -0.15) is 0 Å². The molecule has 6 aromatic carbocycles. The second-order valence-corrected chi connectivity index (χ2v) is 14.8. The minimum absolute atomic E-state index is 0.263. The van der Waals surface area contributed by atoms with Crippen LogP contribution in [0, 0.1) is 0 Å². The molecule has 8 aromatic rings. The van der Waals surface area contributed by atoms with Crippen LogP contribution in [0.25, 0.3) is 35.4 Å². The van der Waals surface area contributed by atoms with Gasteiger partial charge in [0.2, 0.25) is 0 Å². The van der Waals surface area contributed by atoms with Gasteiger partial charge in [-0.15, -0.1) is 0 Å². The summed E-state index contributed by atoms with van der Waals surface area (Å²) in [5, 5.41) is 0. The fourth-order valence-electron chi connectivity index (χ4n) is 7.77. The number of fused-ring (bicyclic) bond motifs is 3. The van der Waals surface area contributed by atoms with Gasteiger partial charge in [0.05, 0.1) is 0 Å². The molecule has 1 aliphatic carbocycles. The number of rotatable bonds is 10. The monoisotopic (exact) mass is 734 g/mol. The molecule has 4 heteroatoms. The smallest absolute Gasteiger partial charge is 0.137 e. The van der Waals surface area contributed by atoms with Gasteiger partial charge in [-0.25, -0.2) is 9.97 Å². The summed E-state index contributed by atoms with van der Waals surface area (Å²) >= 11 is 0. The Bertz CT molecular complexity index is 2480. The number of pyridine rings is 2. The predicted octanol–water partition coefficient (Wildman–Crippen LogP) is 14.1. The molecule has 0 bridgehead atoms. The Kier molecular flexibility index (Phi) is 9.59. The molecular weight excluding hydrogens is 693 g/mol. The summed E-state index contributed by atoms with van der Waals surface area (Å²) in [6.07, 6.45) is 12.3. The maximum atomic E-state index is 4.81. The van der Waals surface area contributed by atoms with Crippen LogP contribution in [0.3, 0.4) is 0 Å². The lowest BCUT2D eigenvalue weighted by molar-refractivity contribution is 0.660. The van der Waals surface area contributed by atoms with Gasteiger partial charge in [-0.3, -0.25) is 9.80 Å². The summed E-state index contributed by atoms with van der Waals surface area (Å²) in [7, 11) is 0. The van der Waals surface area contributed by atoms with Crippen molar-refractivity contribution >= 4 is 58.7 Å². The molecule has 0 N–H and O–H groups in total. The Morgan fingerprint density at radius 3 is 1.09 bits per heavy atom. The van der Waals surface area contributed by atoms with Gasteiger partial charge >= 0.3 is 0 Å². The van der Waals surface area contributed by atoms with Crippen molar-refractivity contribution in [3.63, 3.8) is 0 Å². The maximum Gasteiger partial charge on any atom is 0.137 e. The molecule has 2 heterocycles. The molecule has 0 saturated heterocycles. The molecule has 9 rings (SSSR count). The van der Waals surface area contributed by atoms with E-state index < -0.39 is 0 Å². The van der Waals surface area contributed by atoms with E-state index in [2.05, 4.69) is 194 Å². The standard InChI is InChI=1S/C53H42N4/c1-53(2)49-37-45(56(51-17-9-11-35-54-51)43-27-23-41(24-28-43)21-19-39-13-5-3-6-14-39)31-33-47(49)48-34-32-46(38-50(48)53)57(52-18-10-12-36-55-52)44-29-25-42(26-30-44)22-20-40-15-7-4-8-16-40/h3-38H,1-2H3/b21-19+,22-20+.